The predicted octanol–water partition coefficient (Wildman–Crippen LogP) is 3.70. The Morgan fingerprint density at radius 2 is 2.27 bits per heavy atom. The molecule has 0 aliphatic heterocycles. The molecule has 0 spiro atoms. The molecule has 1 heterocycles. The Morgan fingerprint density at radius 1 is 1.47 bits per heavy atom. The molecule has 3 heteroatoms. The van der Waals surface area contributed by atoms with Gasteiger partial charge in [-0.2, -0.15) is 0 Å². The maximum Gasteiger partial charge on any atom is 0.0489 e. The fourth-order valence-electron chi connectivity index (χ4n) is 2.15. The Bertz CT molecular complexity index is 310. The van der Waals surface area contributed by atoms with Crippen molar-refractivity contribution >= 4 is 22.9 Å². The van der Waals surface area contributed by atoms with Crippen LogP contribution in [-0.2, 0) is 6.54 Å². The van der Waals surface area contributed by atoms with E-state index in [1.807, 2.05) is 11.3 Å². The van der Waals surface area contributed by atoms with E-state index in [9.17, 15) is 0 Å². The van der Waals surface area contributed by atoms with Crippen molar-refractivity contribution in [2.75, 3.05) is 0 Å². The summed E-state index contributed by atoms with van der Waals surface area (Å²) in [5, 5.41) is 6.14. The number of hydrogen-bond acceptors (Lipinski definition) is 2. The fraction of sp³-hybridized carbons (Fsp3) is 0.667. The molecule has 1 nitrogen and oxygen atoms in total. The van der Waals surface area contributed by atoms with Gasteiger partial charge < -0.3 is 5.32 Å². The third kappa shape index (κ3) is 3.20. The van der Waals surface area contributed by atoms with Crippen LogP contribution in [0.5, 0.6) is 0 Å². The molecule has 1 aromatic rings. The van der Waals surface area contributed by atoms with Crippen LogP contribution in [0, 0.1) is 6.92 Å². The Morgan fingerprint density at radius 3 is 2.93 bits per heavy atom. The van der Waals surface area contributed by atoms with Gasteiger partial charge in [-0.15, -0.1) is 22.9 Å². The summed E-state index contributed by atoms with van der Waals surface area (Å²) in [4.78, 5) is 1.39. The van der Waals surface area contributed by atoms with Crippen molar-refractivity contribution in [1.29, 1.82) is 0 Å². The third-order valence-corrected chi connectivity index (χ3v) is 4.47. The zero-order valence-electron chi connectivity index (χ0n) is 9.13. The Hall–Kier alpha value is -0.0500. The summed E-state index contributed by atoms with van der Waals surface area (Å²) >= 11 is 8.11. The first kappa shape index (κ1) is 11.4. The Balaban J connectivity index is 1.81. The summed E-state index contributed by atoms with van der Waals surface area (Å²) in [6.45, 7) is 3.12. The van der Waals surface area contributed by atoms with Crippen LogP contribution in [0.15, 0.2) is 11.4 Å². The van der Waals surface area contributed by atoms with E-state index in [-0.39, 0.29) is 0 Å². The van der Waals surface area contributed by atoms with Gasteiger partial charge in [-0.05, 0) is 36.8 Å². The fourth-order valence-corrected chi connectivity index (χ4v) is 3.23. The van der Waals surface area contributed by atoms with Crippen molar-refractivity contribution in [2.24, 2.45) is 0 Å². The highest BCUT2D eigenvalue weighted by Crippen LogP contribution is 2.23. The minimum absolute atomic E-state index is 0.332. The van der Waals surface area contributed by atoms with Crippen molar-refractivity contribution in [1.82, 2.24) is 5.32 Å². The molecule has 1 aliphatic carbocycles. The number of nitrogens with one attached hydrogen (secondary N) is 1. The van der Waals surface area contributed by atoms with Crippen molar-refractivity contribution in [2.45, 2.75) is 50.6 Å². The molecule has 1 aromatic heterocycles. The number of aryl methyl sites for hydroxylation is 1. The van der Waals surface area contributed by atoms with Crippen molar-refractivity contribution in [3.63, 3.8) is 0 Å². The monoisotopic (exact) mass is 243 g/mol. The number of rotatable bonds is 3. The first-order chi connectivity index (χ1) is 7.25. The highest BCUT2D eigenvalue weighted by Gasteiger charge is 2.22. The molecule has 0 aromatic carbocycles. The van der Waals surface area contributed by atoms with Gasteiger partial charge in [-0.1, -0.05) is 12.8 Å². The van der Waals surface area contributed by atoms with Gasteiger partial charge in [-0.25, -0.2) is 0 Å². The van der Waals surface area contributed by atoms with Crippen LogP contribution < -0.4 is 5.32 Å². The van der Waals surface area contributed by atoms with E-state index in [0.29, 0.717) is 11.4 Å². The average Bonchev–Trinajstić information content (AvgIpc) is 2.63. The van der Waals surface area contributed by atoms with E-state index in [4.69, 9.17) is 11.6 Å². The summed E-state index contributed by atoms with van der Waals surface area (Å²) < 4.78 is 0. The van der Waals surface area contributed by atoms with Crippen LogP contribution in [0.2, 0.25) is 0 Å². The summed E-state index contributed by atoms with van der Waals surface area (Å²) in [6.07, 6.45) is 5.02. The number of hydrogen-bond donors (Lipinski definition) is 1. The lowest BCUT2D eigenvalue weighted by molar-refractivity contribution is 0.378. The largest absolute Gasteiger partial charge is 0.308 e. The van der Waals surface area contributed by atoms with Crippen LogP contribution in [0.3, 0.4) is 0 Å². The van der Waals surface area contributed by atoms with Gasteiger partial charge in [-0.3, -0.25) is 0 Å². The molecule has 84 valence electrons. The molecule has 0 amide bonds. The third-order valence-electron chi connectivity index (χ3n) is 3.03. The maximum absolute atomic E-state index is 6.29. The van der Waals surface area contributed by atoms with E-state index < -0.39 is 0 Å². The lowest BCUT2D eigenvalue weighted by Crippen LogP contribution is -2.38. The van der Waals surface area contributed by atoms with Gasteiger partial charge >= 0.3 is 0 Å². The molecule has 2 atom stereocenters. The molecule has 1 saturated carbocycles. The summed E-state index contributed by atoms with van der Waals surface area (Å²) in [7, 11) is 0. The van der Waals surface area contributed by atoms with Crippen molar-refractivity contribution < 1.29 is 0 Å². The van der Waals surface area contributed by atoms with Gasteiger partial charge in [0.2, 0.25) is 0 Å². The first-order valence-corrected chi connectivity index (χ1v) is 6.99. The van der Waals surface area contributed by atoms with Gasteiger partial charge in [0.1, 0.15) is 0 Å². The SMILES string of the molecule is Cc1cc(CNC2CCCCC2Cl)cs1. The zero-order chi connectivity index (χ0) is 10.7. The van der Waals surface area contributed by atoms with E-state index in [1.54, 1.807) is 0 Å². The molecule has 0 radical (unpaired) electrons. The molecular weight excluding hydrogens is 226 g/mol. The molecule has 0 saturated heterocycles. The van der Waals surface area contributed by atoms with E-state index >= 15 is 0 Å². The molecule has 1 aliphatic rings. The Kier molecular flexibility index (Phi) is 4.06. The quantitative estimate of drug-likeness (QED) is 0.799. The summed E-state index contributed by atoms with van der Waals surface area (Å²) in [5.74, 6) is 0. The standard InChI is InChI=1S/C12H18ClNS/c1-9-6-10(8-15-9)7-14-12-5-3-2-4-11(12)13/h6,8,11-12,14H,2-5,7H2,1H3. The highest BCUT2D eigenvalue weighted by atomic mass is 35.5. The van der Waals surface area contributed by atoms with E-state index in [2.05, 4.69) is 23.7 Å². The highest BCUT2D eigenvalue weighted by molar-refractivity contribution is 7.10. The topological polar surface area (TPSA) is 12.0 Å². The first-order valence-electron chi connectivity index (χ1n) is 5.67. The summed E-state index contributed by atoms with van der Waals surface area (Å²) in [6, 6.07) is 2.77. The lowest BCUT2D eigenvalue weighted by atomic mass is 9.95. The number of thiophene rings is 1. The summed E-state index contributed by atoms with van der Waals surface area (Å²) in [5.41, 5.74) is 1.40. The second-order valence-corrected chi connectivity index (χ2v) is 6.03. The lowest BCUT2D eigenvalue weighted by Gasteiger charge is -2.27. The van der Waals surface area contributed by atoms with Crippen LogP contribution in [0.1, 0.15) is 36.1 Å². The van der Waals surface area contributed by atoms with E-state index in [0.717, 1.165) is 6.54 Å². The molecule has 1 fully saturated rings. The predicted molar refractivity (Wildman–Crippen MR) is 67.8 cm³/mol. The number of alkyl halides is 1. The normalized spacial score (nSPS) is 26.8. The smallest absolute Gasteiger partial charge is 0.0489 e. The van der Waals surface area contributed by atoms with E-state index in [1.165, 1.54) is 36.1 Å². The Labute approximate surface area is 101 Å². The molecule has 2 unspecified atom stereocenters. The minimum atomic E-state index is 0.332. The minimum Gasteiger partial charge on any atom is -0.308 e. The second kappa shape index (κ2) is 5.33. The molecular formula is C12H18ClNS. The van der Waals surface area contributed by atoms with Gasteiger partial charge in [0.05, 0.1) is 0 Å². The van der Waals surface area contributed by atoms with Gasteiger partial charge in [0.25, 0.3) is 0 Å². The van der Waals surface area contributed by atoms with Crippen LogP contribution >= 0.6 is 22.9 Å². The molecule has 2 rings (SSSR count). The van der Waals surface area contributed by atoms with Crippen molar-refractivity contribution in [3.8, 4) is 0 Å². The molecule has 0 bridgehead atoms. The molecule has 15 heavy (non-hydrogen) atoms. The maximum atomic E-state index is 6.29. The second-order valence-electron chi connectivity index (χ2n) is 4.35. The van der Waals surface area contributed by atoms with Gasteiger partial charge in [0, 0.05) is 22.8 Å². The average molecular weight is 244 g/mol. The molecule has 1 N–H and O–H groups in total. The van der Waals surface area contributed by atoms with Crippen LogP contribution in [0.4, 0.5) is 0 Å². The zero-order valence-corrected chi connectivity index (χ0v) is 10.7. The van der Waals surface area contributed by atoms with Crippen LogP contribution in [0.25, 0.3) is 0 Å². The van der Waals surface area contributed by atoms with Crippen LogP contribution in [-0.4, -0.2) is 11.4 Å². The van der Waals surface area contributed by atoms with Gasteiger partial charge in [0.15, 0.2) is 0 Å². The number of halogens is 1. The van der Waals surface area contributed by atoms with Crippen molar-refractivity contribution in [3.05, 3.63) is 21.9 Å².